The predicted molar refractivity (Wildman–Crippen MR) is 353 cm³/mol. The van der Waals surface area contributed by atoms with E-state index >= 15 is 0 Å². The highest BCUT2D eigenvalue weighted by Gasteiger charge is 2.45. The van der Waals surface area contributed by atoms with E-state index in [0.717, 1.165) is 125 Å². The van der Waals surface area contributed by atoms with Gasteiger partial charge in [0, 0.05) is 96.7 Å². The normalized spacial score (nSPS) is 15.7. The molecule has 0 aliphatic heterocycles. The van der Waals surface area contributed by atoms with Crippen molar-refractivity contribution in [2.75, 3.05) is 168 Å². The zero-order valence-corrected chi connectivity index (χ0v) is 60.8. The Hall–Kier alpha value is -0.800. The summed E-state index contributed by atoms with van der Waals surface area (Å²) >= 11 is 0. The van der Waals surface area contributed by atoms with E-state index in [-0.39, 0.29) is 27.6 Å². The van der Waals surface area contributed by atoms with Crippen LogP contribution < -0.4 is 53.2 Å². The fraction of sp³-hybridized carbons (Fsp3) is 0.848. The van der Waals surface area contributed by atoms with E-state index in [2.05, 4.69) is 119 Å². The van der Waals surface area contributed by atoms with Gasteiger partial charge in [0.1, 0.15) is 29.0 Å². The van der Waals surface area contributed by atoms with Crippen molar-refractivity contribution >= 4 is 0 Å². The lowest BCUT2D eigenvalue weighted by molar-refractivity contribution is -0.610. The molecule has 0 aromatic carbocycles. The molecule has 3 atom stereocenters. The van der Waals surface area contributed by atoms with Crippen molar-refractivity contribution in [3.8, 4) is 0 Å². The first-order valence-electron chi connectivity index (χ1n) is 32.0. The molecule has 3 fully saturated rings. The maximum absolute atomic E-state index is 5.40. The number of nitrogens with two attached hydrogens (primary N) is 10. The quantitative estimate of drug-likeness (QED) is 0.0321. The van der Waals surface area contributed by atoms with E-state index < -0.39 is 0 Å². The molecule has 86 heavy (non-hydrogen) atoms. The van der Waals surface area contributed by atoms with E-state index in [4.69, 9.17) is 47.4 Å². The molecule has 0 spiro atoms. The lowest BCUT2D eigenvalue weighted by atomic mass is 9.95. The number of rotatable bonds is 39. The van der Waals surface area contributed by atoms with Crippen LogP contribution in [0.4, 0.5) is 0 Å². The zero-order chi connectivity index (χ0) is 68.1. The second kappa shape index (κ2) is 64.3. The van der Waals surface area contributed by atoms with Gasteiger partial charge in [-0.3, -0.25) is 0 Å². The van der Waals surface area contributed by atoms with Gasteiger partial charge in [-0.25, -0.2) is 0 Å². The van der Waals surface area contributed by atoms with Crippen molar-refractivity contribution in [2.45, 2.75) is 171 Å². The van der Waals surface area contributed by atoms with Gasteiger partial charge in [-0.05, 0) is 108 Å². The molecule has 20 N–H and O–H groups in total. The number of hydrogen-bond acceptors (Lipinski definition) is 10. The molecular weight excluding hydrogens is 1090 g/mol. The molecule has 3 unspecified atom stereocenters. The topological polar surface area (TPSA) is 258 Å². The van der Waals surface area contributed by atoms with Crippen molar-refractivity contribution in [3.05, 3.63) is 70.5 Å². The first kappa shape index (κ1) is 98.8. The van der Waals surface area contributed by atoms with E-state index in [1.165, 1.54) is 38.5 Å². The van der Waals surface area contributed by atoms with Crippen LogP contribution in [0.3, 0.4) is 0 Å². The molecule has 0 saturated heterocycles. The SMILES string of the molecule is [CH2-][NH2+]CC(C)(C)COC.[CH2-][NH2+]CC(C)(C)COCC.[CH2-][NH2+]CC(C)(C)OC.[CH2-][NH2+]CC(C)(C)OCC.[CH2-][NH2+]CC(C)COC.[CH2-][NH2+]CC(C)OC.[CH2-][NH2+]CC(C)OCC.[CH2-][NH2+]CC1(COC)CC1.[CH2-][NH2+]CC1(COCC)CC1.[CH2-][NH2+]CC1(OC)CC1. The Morgan fingerprint density at radius 2 is 0.849 bits per heavy atom. The average molecular weight is 1250 g/mol. The van der Waals surface area contributed by atoms with E-state index in [0.29, 0.717) is 29.0 Å². The van der Waals surface area contributed by atoms with Gasteiger partial charge in [-0.15, -0.1) is 0 Å². The maximum atomic E-state index is 5.40. The first-order chi connectivity index (χ1) is 40.4. The largest absolute Gasteiger partial charge is 0.479 e. The summed E-state index contributed by atoms with van der Waals surface area (Å²) in [7, 11) is 46.9. The highest BCUT2D eigenvalue weighted by atomic mass is 16.5. The van der Waals surface area contributed by atoms with Crippen LogP contribution >= 0.6 is 0 Å². The number of ether oxygens (including phenoxy) is 10. The first-order valence-corrected chi connectivity index (χ1v) is 32.0. The monoisotopic (exact) mass is 1250 g/mol. The van der Waals surface area contributed by atoms with Gasteiger partial charge < -0.3 is 101 Å². The Labute approximate surface area is 535 Å². The predicted octanol–water partition coefficient (Wildman–Crippen LogP) is -1.45. The van der Waals surface area contributed by atoms with E-state index in [1.54, 1.807) is 42.7 Å². The standard InChI is InChI=1S/C8H17NO.C8H19NO.C7H15NO.2C7H17NO.C6H13NO.3C6H15NO.C5H13NO/c1-3-10-7-8(4-5-8)6-9-2;1-5-10-7-8(2,3)6-9-4;1-8-5-7(3-4-7)6-9-2;1-7(2,5-8-3)6-9-4;1-5-9-7(2,3)6-8-4;1-7-5-6(8-2)3-4-6;1-6(4-7-2)5-8-3;1-6(2,8-4)5-7-3;1-4-8-6(2)5-7-3;1-5(7-3)4-6-2/h2-7,9H2,1H3;4-7,9H2,1-3H3;1,3-6,8H2,2H3;3,5-6,8H2,1-2,4H3;4-6,8H2,1-3H3;1,3-5,7H2,2H3;6H,2,4-5,7H2,1,3H3;3,5,7H2,1-2,4H3;6H,3-5,7H2,1-2H3;5H,2,4,6H2,1,3H3. The Morgan fingerprint density at radius 3 is 1.13 bits per heavy atom. The van der Waals surface area contributed by atoms with Crippen molar-refractivity contribution in [2.24, 2.45) is 27.6 Å². The second-order valence-electron chi connectivity index (χ2n) is 25.4. The van der Waals surface area contributed by atoms with Gasteiger partial charge in [0.2, 0.25) is 0 Å². The average Bonchev–Trinajstić information content (AvgIpc) is 4.59. The van der Waals surface area contributed by atoms with Gasteiger partial charge in [0.05, 0.1) is 98.5 Å². The fourth-order valence-corrected chi connectivity index (χ4v) is 7.75. The molecule has 20 heteroatoms. The molecule has 530 valence electrons. The van der Waals surface area contributed by atoms with Crippen LogP contribution in [0.5, 0.6) is 0 Å². The van der Waals surface area contributed by atoms with Crippen LogP contribution in [-0.4, -0.2) is 197 Å². The minimum absolute atomic E-state index is 0.0174. The summed E-state index contributed by atoms with van der Waals surface area (Å²) < 4.78 is 51.5. The molecule has 0 amide bonds. The van der Waals surface area contributed by atoms with Crippen molar-refractivity contribution < 1.29 is 101 Å². The van der Waals surface area contributed by atoms with E-state index in [9.17, 15) is 0 Å². The van der Waals surface area contributed by atoms with Crippen molar-refractivity contribution in [3.63, 3.8) is 0 Å². The van der Waals surface area contributed by atoms with Crippen molar-refractivity contribution in [1.29, 1.82) is 0 Å². The van der Waals surface area contributed by atoms with Crippen LogP contribution in [0.15, 0.2) is 0 Å². The van der Waals surface area contributed by atoms with Crippen LogP contribution in [0.2, 0.25) is 0 Å². The molecule has 3 aliphatic rings. The highest BCUT2D eigenvalue weighted by molar-refractivity contribution is 4.94. The van der Waals surface area contributed by atoms with Gasteiger partial charge in [-0.1, -0.05) is 34.6 Å². The van der Waals surface area contributed by atoms with Gasteiger partial charge in [-0.2, -0.15) is 70.5 Å². The lowest BCUT2D eigenvalue weighted by Crippen LogP contribution is -2.81. The molecule has 3 aliphatic carbocycles. The molecule has 20 nitrogen and oxygen atoms in total. The Balaban J connectivity index is -0.000000162. The molecule has 3 saturated carbocycles. The summed E-state index contributed by atoms with van der Waals surface area (Å²) in [6, 6.07) is 0. The second-order valence-corrected chi connectivity index (χ2v) is 25.4. The summed E-state index contributed by atoms with van der Waals surface area (Å²) in [4.78, 5) is 0. The number of quaternary nitrogens is 10. The number of hydrogen-bond donors (Lipinski definition) is 10. The highest BCUT2D eigenvalue weighted by Crippen LogP contribution is 2.44. The van der Waals surface area contributed by atoms with Crippen LogP contribution in [0.1, 0.15) is 142 Å². The Kier molecular flexibility index (Phi) is 73.9. The third-order valence-electron chi connectivity index (χ3n) is 13.7. The summed E-state index contributed by atoms with van der Waals surface area (Å²) in [6.45, 7) is 48.8. The summed E-state index contributed by atoms with van der Waals surface area (Å²) in [6.07, 6.45) is 8.43. The number of methoxy groups -OCH3 is 6. The molecule has 0 radical (unpaired) electrons. The smallest absolute Gasteiger partial charge is 0.114 e. The molecule has 0 heterocycles. The van der Waals surface area contributed by atoms with E-state index in [1.807, 2.05) is 109 Å². The Morgan fingerprint density at radius 1 is 0.419 bits per heavy atom. The third-order valence-corrected chi connectivity index (χ3v) is 13.7. The molecule has 0 aromatic rings. The van der Waals surface area contributed by atoms with Crippen LogP contribution in [-0.2, 0) is 47.4 Å². The fourth-order valence-electron chi connectivity index (χ4n) is 7.75. The zero-order valence-electron chi connectivity index (χ0n) is 60.8. The van der Waals surface area contributed by atoms with Gasteiger partial charge in [0.15, 0.2) is 0 Å². The minimum Gasteiger partial charge on any atom is -0.479 e. The lowest BCUT2D eigenvalue weighted by Gasteiger charge is -2.23. The molecule has 3 rings (SSSR count). The maximum Gasteiger partial charge on any atom is 0.114 e. The molecule has 0 aromatic heterocycles. The van der Waals surface area contributed by atoms with Gasteiger partial charge >= 0.3 is 0 Å². The Bertz CT molecular complexity index is 1210. The van der Waals surface area contributed by atoms with Crippen molar-refractivity contribution in [1.82, 2.24) is 0 Å². The summed E-state index contributed by atoms with van der Waals surface area (Å²) in [5.41, 5.74) is 1.72. The summed E-state index contributed by atoms with van der Waals surface area (Å²) in [5.74, 6) is 0.623. The minimum atomic E-state index is -0.0260. The molecule has 0 bridgehead atoms. The van der Waals surface area contributed by atoms with Crippen LogP contribution in [0.25, 0.3) is 0 Å². The van der Waals surface area contributed by atoms with Gasteiger partial charge in [0.25, 0.3) is 0 Å². The van der Waals surface area contributed by atoms with Crippen LogP contribution in [0, 0.1) is 98.1 Å². The molecular formula is C66H156N10O10. The third kappa shape index (κ3) is 73.9. The summed E-state index contributed by atoms with van der Waals surface area (Å²) in [5, 5.41) is 19.2.